The Balaban J connectivity index is 1.11. The third-order valence-corrected chi connectivity index (χ3v) is 6.76. The molecule has 1 aromatic heterocycles. The van der Waals surface area contributed by atoms with Crippen molar-refractivity contribution in [1.82, 2.24) is 14.7 Å². The Hall–Kier alpha value is -4.79. The van der Waals surface area contributed by atoms with Crippen molar-refractivity contribution in [3.8, 4) is 5.69 Å². The van der Waals surface area contributed by atoms with Crippen LogP contribution in [-0.2, 0) is 9.59 Å². The zero-order valence-electron chi connectivity index (χ0n) is 21.2. The lowest BCUT2D eigenvalue weighted by molar-refractivity contribution is -0.123. The zero-order chi connectivity index (χ0) is 27.2. The van der Waals surface area contributed by atoms with E-state index < -0.39 is 17.6 Å². The van der Waals surface area contributed by atoms with Gasteiger partial charge in [0.2, 0.25) is 11.8 Å². The van der Waals surface area contributed by atoms with Crippen molar-refractivity contribution in [3.63, 3.8) is 0 Å². The summed E-state index contributed by atoms with van der Waals surface area (Å²) in [6.45, 7) is 1.29. The lowest BCUT2D eigenvalue weighted by Crippen LogP contribution is -2.38. The normalized spacial score (nSPS) is 13.6. The number of carbonyl (C=O) groups excluding carboxylic acids is 3. The predicted molar refractivity (Wildman–Crippen MR) is 146 cm³/mol. The molecule has 8 nitrogen and oxygen atoms in total. The molecule has 0 aliphatic carbocycles. The summed E-state index contributed by atoms with van der Waals surface area (Å²) in [4.78, 5) is 39.5. The second kappa shape index (κ2) is 11.7. The van der Waals surface area contributed by atoms with Crippen LogP contribution in [0.2, 0.25) is 0 Å². The number of carbonyl (C=O) groups is 3. The van der Waals surface area contributed by atoms with E-state index in [1.165, 1.54) is 24.3 Å². The maximum absolute atomic E-state index is 13.2. The summed E-state index contributed by atoms with van der Waals surface area (Å²) in [6.07, 6.45) is 2.96. The van der Waals surface area contributed by atoms with Crippen LogP contribution in [0.1, 0.15) is 41.2 Å². The van der Waals surface area contributed by atoms with Crippen LogP contribution >= 0.6 is 0 Å². The standard InChI is InChI=1S/C30H28FN5O3/c31-23-8-12-25(13-9-23)34-29(38)20-28(37)33-24-10-6-21(7-11-24)22-15-18-35(19-16-22)30(39)27-14-17-32-36(27)26-4-2-1-3-5-26/h1-14,17,22H,15-16,18-20H2,(H,33,37)(H,34,38). The number of amides is 3. The van der Waals surface area contributed by atoms with Gasteiger partial charge in [-0.3, -0.25) is 14.4 Å². The molecule has 1 aliphatic heterocycles. The van der Waals surface area contributed by atoms with Crippen LogP contribution in [0.5, 0.6) is 0 Å². The molecule has 0 atom stereocenters. The van der Waals surface area contributed by atoms with Crippen LogP contribution in [0.4, 0.5) is 15.8 Å². The van der Waals surface area contributed by atoms with E-state index in [4.69, 9.17) is 0 Å². The smallest absolute Gasteiger partial charge is 0.272 e. The second-order valence-electron chi connectivity index (χ2n) is 9.43. The first-order chi connectivity index (χ1) is 19.0. The molecule has 1 fully saturated rings. The summed E-state index contributed by atoms with van der Waals surface area (Å²) < 4.78 is 14.7. The monoisotopic (exact) mass is 525 g/mol. The van der Waals surface area contributed by atoms with Crippen molar-refractivity contribution in [2.24, 2.45) is 0 Å². The first-order valence-corrected chi connectivity index (χ1v) is 12.8. The average Bonchev–Trinajstić information content (AvgIpc) is 3.45. The van der Waals surface area contributed by atoms with Crippen LogP contribution in [-0.4, -0.2) is 45.5 Å². The van der Waals surface area contributed by atoms with E-state index in [1.807, 2.05) is 59.5 Å². The minimum absolute atomic E-state index is 0.0312. The molecule has 0 radical (unpaired) electrons. The summed E-state index contributed by atoms with van der Waals surface area (Å²) in [5.41, 5.74) is 3.56. The van der Waals surface area contributed by atoms with Gasteiger partial charge in [-0.25, -0.2) is 9.07 Å². The van der Waals surface area contributed by atoms with Crippen molar-refractivity contribution in [2.75, 3.05) is 23.7 Å². The van der Waals surface area contributed by atoms with Crippen molar-refractivity contribution < 1.29 is 18.8 Å². The molecule has 3 aromatic carbocycles. The largest absolute Gasteiger partial charge is 0.337 e. The van der Waals surface area contributed by atoms with Crippen LogP contribution < -0.4 is 10.6 Å². The lowest BCUT2D eigenvalue weighted by Gasteiger charge is -2.32. The van der Waals surface area contributed by atoms with Gasteiger partial charge in [-0.2, -0.15) is 5.10 Å². The molecule has 198 valence electrons. The minimum Gasteiger partial charge on any atom is -0.337 e. The molecule has 0 spiro atoms. The van der Waals surface area contributed by atoms with Gasteiger partial charge in [0, 0.05) is 24.5 Å². The lowest BCUT2D eigenvalue weighted by atomic mass is 9.89. The molecule has 39 heavy (non-hydrogen) atoms. The predicted octanol–water partition coefficient (Wildman–Crippen LogP) is 5.00. The second-order valence-corrected chi connectivity index (χ2v) is 9.43. The summed E-state index contributed by atoms with van der Waals surface area (Å²) in [7, 11) is 0. The third-order valence-electron chi connectivity index (χ3n) is 6.76. The van der Waals surface area contributed by atoms with Crippen LogP contribution in [0.3, 0.4) is 0 Å². The number of anilines is 2. The minimum atomic E-state index is -0.483. The first kappa shape index (κ1) is 25.8. The highest BCUT2D eigenvalue weighted by Crippen LogP contribution is 2.29. The molecular weight excluding hydrogens is 497 g/mol. The third kappa shape index (κ3) is 6.38. The van der Waals surface area contributed by atoms with Gasteiger partial charge in [-0.05, 0) is 78.9 Å². The van der Waals surface area contributed by atoms with Crippen molar-refractivity contribution in [3.05, 3.63) is 108 Å². The highest BCUT2D eigenvalue weighted by molar-refractivity contribution is 6.08. The van der Waals surface area contributed by atoms with E-state index >= 15 is 0 Å². The van der Waals surface area contributed by atoms with E-state index in [0.717, 1.165) is 24.1 Å². The molecule has 0 saturated carbocycles. The van der Waals surface area contributed by atoms with Crippen molar-refractivity contribution in [2.45, 2.75) is 25.2 Å². The van der Waals surface area contributed by atoms with Gasteiger partial charge in [-0.15, -0.1) is 0 Å². The fraction of sp³-hybridized carbons (Fsp3) is 0.200. The molecule has 1 aliphatic rings. The molecule has 2 heterocycles. The Morgan fingerprint density at radius 1 is 0.795 bits per heavy atom. The fourth-order valence-electron chi connectivity index (χ4n) is 4.75. The molecule has 0 bridgehead atoms. The molecule has 3 amide bonds. The number of hydrogen-bond acceptors (Lipinski definition) is 4. The van der Waals surface area contributed by atoms with Gasteiger partial charge in [0.05, 0.1) is 11.9 Å². The number of nitrogens with one attached hydrogen (secondary N) is 2. The van der Waals surface area contributed by atoms with Crippen LogP contribution in [0, 0.1) is 5.82 Å². The van der Waals surface area contributed by atoms with E-state index in [9.17, 15) is 18.8 Å². The van der Waals surface area contributed by atoms with Gasteiger partial charge >= 0.3 is 0 Å². The number of halogens is 1. The first-order valence-electron chi connectivity index (χ1n) is 12.8. The number of piperidine rings is 1. The van der Waals surface area contributed by atoms with Gasteiger partial charge in [0.15, 0.2) is 0 Å². The summed E-state index contributed by atoms with van der Waals surface area (Å²) in [5.74, 6) is -1.05. The number of rotatable bonds is 7. The zero-order valence-corrected chi connectivity index (χ0v) is 21.2. The Bertz CT molecular complexity index is 1440. The maximum Gasteiger partial charge on any atom is 0.272 e. The highest BCUT2D eigenvalue weighted by Gasteiger charge is 2.26. The molecule has 2 N–H and O–H groups in total. The Kier molecular flexibility index (Phi) is 7.77. The van der Waals surface area contributed by atoms with E-state index in [-0.39, 0.29) is 12.3 Å². The summed E-state index contributed by atoms with van der Waals surface area (Å²) in [6, 6.07) is 24.3. The van der Waals surface area contributed by atoms with Gasteiger partial charge in [-0.1, -0.05) is 30.3 Å². The van der Waals surface area contributed by atoms with Gasteiger partial charge < -0.3 is 15.5 Å². The van der Waals surface area contributed by atoms with Gasteiger partial charge in [0.1, 0.15) is 17.9 Å². The van der Waals surface area contributed by atoms with Crippen LogP contribution in [0.25, 0.3) is 5.69 Å². The van der Waals surface area contributed by atoms with E-state index in [0.29, 0.717) is 36.1 Å². The van der Waals surface area contributed by atoms with E-state index in [1.54, 1.807) is 16.9 Å². The number of benzene rings is 3. The Labute approximate surface area is 225 Å². The van der Waals surface area contributed by atoms with Crippen molar-refractivity contribution >= 4 is 29.1 Å². The van der Waals surface area contributed by atoms with Gasteiger partial charge in [0.25, 0.3) is 5.91 Å². The number of likely N-dealkylation sites (tertiary alicyclic amines) is 1. The average molecular weight is 526 g/mol. The highest BCUT2D eigenvalue weighted by atomic mass is 19.1. The Morgan fingerprint density at radius 3 is 2.00 bits per heavy atom. The fourth-order valence-corrected chi connectivity index (χ4v) is 4.75. The summed E-state index contributed by atoms with van der Waals surface area (Å²) >= 11 is 0. The van der Waals surface area contributed by atoms with Crippen molar-refractivity contribution in [1.29, 1.82) is 0 Å². The maximum atomic E-state index is 13.2. The molecule has 5 rings (SSSR count). The molecule has 0 unspecified atom stereocenters. The number of nitrogens with zero attached hydrogens (tertiary/aromatic N) is 3. The quantitative estimate of drug-likeness (QED) is 0.332. The SMILES string of the molecule is O=C(CC(=O)Nc1ccc(C2CCN(C(=O)c3ccnn3-c3ccccc3)CC2)cc1)Nc1ccc(F)cc1. The molecular formula is C30H28FN5O3. The number of aromatic nitrogens is 2. The van der Waals surface area contributed by atoms with E-state index in [2.05, 4.69) is 15.7 Å². The number of hydrogen-bond donors (Lipinski definition) is 2. The summed E-state index contributed by atoms with van der Waals surface area (Å²) in [5, 5.41) is 9.64. The molecule has 1 saturated heterocycles. The van der Waals surface area contributed by atoms with Crippen LogP contribution in [0.15, 0.2) is 91.1 Å². The number of para-hydroxylation sites is 1. The topological polar surface area (TPSA) is 96.3 Å². The molecule has 4 aromatic rings. The molecule has 9 heteroatoms. The Morgan fingerprint density at radius 2 is 1.38 bits per heavy atom.